The first kappa shape index (κ1) is 10.9. The molecule has 1 aromatic rings. The van der Waals surface area contributed by atoms with Crippen LogP contribution in [0, 0.1) is 5.82 Å². The number of benzene rings is 1. The zero-order chi connectivity index (χ0) is 10.8. The molecular weight excluding hydrogens is 179 g/mol. The molecule has 0 aromatic heterocycles. The lowest BCUT2D eigenvalue weighted by molar-refractivity contribution is 0.0996. The first-order valence-corrected chi connectivity index (χ1v) is 4.54. The Bertz CT molecular complexity index is 342. The third kappa shape index (κ3) is 2.67. The van der Waals surface area contributed by atoms with Crippen LogP contribution < -0.4 is 0 Å². The molecule has 0 fully saturated rings. The fraction of sp³-hybridized carbons (Fsp3) is 0.333. The molecule has 76 valence electrons. The highest BCUT2D eigenvalue weighted by Crippen LogP contribution is 2.20. The molecule has 0 heterocycles. The van der Waals surface area contributed by atoms with Crippen LogP contribution in [0.3, 0.4) is 0 Å². The van der Waals surface area contributed by atoms with Crippen molar-refractivity contribution in [3.63, 3.8) is 0 Å². The molecule has 1 aromatic carbocycles. The molecule has 0 radical (unpaired) electrons. The number of halogens is 1. The number of hydrogen-bond donors (Lipinski definition) is 1. The van der Waals surface area contributed by atoms with Crippen LogP contribution in [0.5, 0.6) is 0 Å². The lowest BCUT2D eigenvalue weighted by Crippen LogP contribution is -2.28. The van der Waals surface area contributed by atoms with Gasteiger partial charge in [-0.2, -0.15) is 0 Å². The highest BCUT2D eigenvalue weighted by molar-refractivity contribution is 5.22. The van der Waals surface area contributed by atoms with E-state index < -0.39 is 5.60 Å². The summed E-state index contributed by atoms with van der Waals surface area (Å²) in [5, 5.41) is 9.91. The maximum Gasteiger partial charge on any atom is 0.123 e. The van der Waals surface area contributed by atoms with E-state index in [9.17, 15) is 9.50 Å². The number of aliphatic hydroxyl groups is 1. The van der Waals surface area contributed by atoms with Crippen LogP contribution in [0.4, 0.5) is 4.39 Å². The molecule has 1 unspecified atom stereocenters. The van der Waals surface area contributed by atoms with Gasteiger partial charge in [0.2, 0.25) is 0 Å². The van der Waals surface area contributed by atoms with E-state index in [-0.39, 0.29) is 5.82 Å². The average molecular weight is 194 g/mol. The Labute approximate surface area is 83.9 Å². The Balaban J connectivity index is 2.83. The van der Waals surface area contributed by atoms with Crippen molar-refractivity contribution in [1.29, 1.82) is 0 Å². The second kappa shape index (κ2) is 3.93. The first-order valence-electron chi connectivity index (χ1n) is 4.54. The fourth-order valence-electron chi connectivity index (χ4n) is 1.20. The van der Waals surface area contributed by atoms with Crippen molar-refractivity contribution >= 4 is 0 Å². The molecule has 1 N–H and O–H groups in total. The second-order valence-electron chi connectivity index (χ2n) is 3.86. The molecule has 0 saturated heterocycles. The van der Waals surface area contributed by atoms with Gasteiger partial charge in [0.1, 0.15) is 5.82 Å². The topological polar surface area (TPSA) is 20.2 Å². The normalized spacial score (nSPS) is 14.9. The first-order chi connectivity index (χ1) is 6.42. The third-order valence-corrected chi connectivity index (χ3v) is 2.36. The Hall–Kier alpha value is -1.15. The van der Waals surface area contributed by atoms with E-state index in [0.29, 0.717) is 12.0 Å². The van der Waals surface area contributed by atoms with E-state index in [1.54, 1.807) is 26.0 Å². The molecule has 0 aliphatic carbocycles. The van der Waals surface area contributed by atoms with Gasteiger partial charge < -0.3 is 5.11 Å². The number of hydrogen-bond acceptors (Lipinski definition) is 1. The minimum absolute atomic E-state index is 0.278. The Morgan fingerprint density at radius 2 is 2.21 bits per heavy atom. The quantitative estimate of drug-likeness (QED) is 0.733. The average Bonchev–Trinajstić information content (AvgIpc) is 2.02. The van der Waals surface area contributed by atoms with E-state index in [1.807, 2.05) is 0 Å². The zero-order valence-corrected chi connectivity index (χ0v) is 8.55. The minimum atomic E-state index is -0.964. The summed E-state index contributed by atoms with van der Waals surface area (Å²) < 4.78 is 12.8. The van der Waals surface area contributed by atoms with E-state index in [4.69, 9.17) is 0 Å². The summed E-state index contributed by atoms with van der Waals surface area (Å²) in [4.78, 5) is 0. The van der Waals surface area contributed by atoms with E-state index in [2.05, 4.69) is 6.58 Å². The standard InChI is InChI=1S/C12H15FO/c1-9(2)12(3,14)8-10-5-4-6-11(13)7-10/h4-7,14H,1,8H2,2-3H3. The van der Waals surface area contributed by atoms with Crippen LogP contribution in [0.25, 0.3) is 0 Å². The third-order valence-electron chi connectivity index (χ3n) is 2.36. The summed E-state index contributed by atoms with van der Waals surface area (Å²) in [6.07, 6.45) is 0.389. The predicted molar refractivity (Wildman–Crippen MR) is 55.5 cm³/mol. The second-order valence-corrected chi connectivity index (χ2v) is 3.86. The number of rotatable bonds is 3. The van der Waals surface area contributed by atoms with E-state index >= 15 is 0 Å². The molecule has 2 heteroatoms. The molecule has 0 amide bonds. The lowest BCUT2D eigenvalue weighted by Gasteiger charge is -2.23. The van der Waals surface area contributed by atoms with Gasteiger partial charge in [-0.25, -0.2) is 4.39 Å². The van der Waals surface area contributed by atoms with Crippen molar-refractivity contribution in [1.82, 2.24) is 0 Å². The van der Waals surface area contributed by atoms with Gasteiger partial charge in [0.25, 0.3) is 0 Å². The summed E-state index contributed by atoms with van der Waals surface area (Å²) in [6.45, 7) is 7.15. The summed E-state index contributed by atoms with van der Waals surface area (Å²) >= 11 is 0. The van der Waals surface area contributed by atoms with Crippen molar-refractivity contribution in [2.45, 2.75) is 25.9 Å². The maximum absolute atomic E-state index is 12.8. The van der Waals surface area contributed by atoms with Gasteiger partial charge in [-0.15, -0.1) is 0 Å². The van der Waals surface area contributed by atoms with Gasteiger partial charge in [0.15, 0.2) is 0 Å². The van der Waals surface area contributed by atoms with Crippen LogP contribution in [0.1, 0.15) is 19.4 Å². The van der Waals surface area contributed by atoms with Crippen molar-refractivity contribution in [3.05, 3.63) is 47.8 Å². The molecule has 1 atom stereocenters. The zero-order valence-electron chi connectivity index (χ0n) is 8.55. The lowest BCUT2D eigenvalue weighted by atomic mass is 9.91. The minimum Gasteiger partial charge on any atom is -0.385 e. The highest BCUT2D eigenvalue weighted by atomic mass is 19.1. The van der Waals surface area contributed by atoms with Crippen LogP contribution in [0.2, 0.25) is 0 Å². The highest BCUT2D eigenvalue weighted by Gasteiger charge is 2.21. The Morgan fingerprint density at radius 1 is 1.57 bits per heavy atom. The summed E-state index contributed by atoms with van der Waals surface area (Å²) in [7, 11) is 0. The largest absolute Gasteiger partial charge is 0.385 e. The summed E-state index contributed by atoms with van der Waals surface area (Å²) in [5.74, 6) is -0.278. The molecule has 0 spiro atoms. The van der Waals surface area contributed by atoms with Crippen LogP contribution >= 0.6 is 0 Å². The van der Waals surface area contributed by atoms with E-state index in [1.165, 1.54) is 12.1 Å². The molecule has 1 rings (SSSR count). The van der Waals surface area contributed by atoms with Gasteiger partial charge >= 0.3 is 0 Å². The fourth-order valence-corrected chi connectivity index (χ4v) is 1.20. The predicted octanol–water partition coefficient (Wildman–Crippen LogP) is 2.70. The molecule has 14 heavy (non-hydrogen) atoms. The van der Waals surface area contributed by atoms with E-state index in [0.717, 1.165) is 5.56 Å². The van der Waals surface area contributed by atoms with Crippen LogP contribution in [-0.4, -0.2) is 10.7 Å². The molecule has 0 aliphatic rings. The molecule has 0 aliphatic heterocycles. The monoisotopic (exact) mass is 194 g/mol. The Kier molecular flexibility index (Phi) is 3.06. The molecule has 1 nitrogen and oxygen atoms in total. The smallest absolute Gasteiger partial charge is 0.123 e. The van der Waals surface area contributed by atoms with Crippen LogP contribution in [-0.2, 0) is 6.42 Å². The molecule has 0 bridgehead atoms. The van der Waals surface area contributed by atoms with Gasteiger partial charge in [-0.1, -0.05) is 18.7 Å². The SMILES string of the molecule is C=C(C)C(C)(O)Cc1cccc(F)c1. The molecule has 0 saturated carbocycles. The molecular formula is C12H15FO. The van der Waals surface area contributed by atoms with Crippen molar-refractivity contribution in [2.75, 3.05) is 0 Å². The van der Waals surface area contributed by atoms with Crippen molar-refractivity contribution in [3.8, 4) is 0 Å². The van der Waals surface area contributed by atoms with Gasteiger partial charge in [-0.3, -0.25) is 0 Å². The maximum atomic E-state index is 12.8. The van der Waals surface area contributed by atoms with Crippen molar-refractivity contribution in [2.24, 2.45) is 0 Å². The van der Waals surface area contributed by atoms with Crippen molar-refractivity contribution < 1.29 is 9.50 Å². The summed E-state index contributed by atoms with van der Waals surface area (Å²) in [6, 6.07) is 6.25. The van der Waals surface area contributed by atoms with Gasteiger partial charge in [-0.05, 0) is 37.1 Å². The van der Waals surface area contributed by atoms with Crippen LogP contribution in [0.15, 0.2) is 36.4 Å². The van der Waals surface area contributed by atoms with Gasteiger partial charge in [0, 0.05) is 6.42 Å². The summed E-state index contributed by atoms with van der Waals surface area (Å²) in [5.41, 5.74) is 0.494. The Morgan fingerprint density at radius 3 is 2.71 bits per heavy atom. The van der Waals surface area contributed by atoms with Gasteiger partial charge in [0.05, 0.1) is 5.60 Å².